The van der Waals surface area contributed by atoms with E-state index in [9.17, 15) is 4.79 Å². The standard InChI is InChI=1S/C9H10N4O3/c1-6-2-3-7-10-11-8(13(7)12-6)4-16-5-9(14)15/h2-3H,4-5H2,1H3,(H,14,15). The quantitative estimate of drug-likeness (QED) is 0.785. The van der Waals surface area contributed by atoms with Crippen LogP contribution in [0, 0.1) is 6.92 Å². The molecule has 84 valence electrons. The first kappa shape index (κ1) is 10.5. The van der Waals surface area contributed by atoms with Gasteiger partial charge in [-0.1, -0.05) is 0 Å². The highest BCUT2D eigenvalue weighted by Crippen LogP contribution is 2.03. The van der Waals surface area contributed by atoms with E-state index in [1.165, 1.54) is 4.52 Å². The SMILES string of the molecule is Cc1ccc2nnc(COCC(=O)O)n2n1. The van der Waals surface area contributed by atoms with Gasteiger partial charge in [-0.25, -0.2) is 4.79 Å². The number of aliphatic carboxylic acids is 1. The molecule has 7 heteroatoms. The molecule has 7 nitrogen and oxygen atoms in total. The van der Waals surface area contributed by atoms with Gasteiger partial charge in [0.1, 0.15) is 13.2 Å². The first-order chi connectivity index (χ1) is 7.66. The number of aromatic nitrogens is 4. The van der Waals surface area contributed by atoms with Crippen LogP contribution in [0.4, 0.5) is 0 Å². The van der Waals surface area contributed by atoms with E-state index in [2.05, 4.69) is 15.3 Å². The highest BCUT2D eigenvalue weighted by atomic mass is 16.5. The van der Waals surface area contributed by atoms with Gasteiger partial charge in [-0.2, -0.15) is 9.61 Å². The van der Waals surface area contributed by atoms with Crippen molar-refractivity contribution in [1.29, 1.82) is 0 Å². The van der Waals surface area contributed by atoms with Gasteiger partial charge in [0.05, 0.1) is 5.69 Å². The van der Waals surface area contributed by atoms with Gasteiger partial charge in [0.25, 0.3) is 0 Å². The Morgan fingerprint density at radius 2 is 2.31 bits per heavy atom. The lowest BCUT2D eigenvalue weighted by atomic mass is 10.4. The average Bonchev–Trinajstić information content (AvgIpc) is 2.60. The molecule has 16 heavy (non-hydrogen) atoms. The fraction of sp³-hybridized carbons (Fsp3) is 0.333. The van der Waals surface area contributed by atoms with Crippen LogP contribution in [0.25, 0.3) is 5.65 Å². The molecule has 0 saturated carbocycles. The predicted molar refractivity (Wildman–Crippen MR) is 52.8 cm³/mol. The van der Waals surface area contributed by atoms with E-state index in [1.54, 1.807) is 6.07 Å². The Morgan fingerprint density at radius 1 is 1.50 bits per heavy atom. The van der Waals surface area contributed by atoms with E-state index in [0.717, 1.165) is 5.69 Å². The van der Waals surface area contributed by atoms with Crippen molar-refractivity contribution in [3.63, 3.8) is 0 Å². The van der Waals surface area contributed by atoms with Crippen LogP contribution in [0.1, 0.15) is 11.5 Å². The van der Waals surface area contributed by atoms with E-state index < -0.39 is 5.97 Å². The van der Waals surface area contributed by atoms with Crippen molar-refractivity contribution in [3.05, 3.63) is 23.7 Å². The first-order valence-electron chi connectivity index (χ1n) is 4.64. The number of carboxylic acid groups (broad SMARTS) is 1. The van der Waals surface area contributed by atoms with E-state index >= 15 is 0 Å². The van der Waals surface area contributed by atoms with Crippen LogP contribution in [0.3, 0.4) is 0 Å². The molecule has 0 saturated heterocycles. The summed E-state index contributed by atoms with van der Waals surface area (Å²) in [5.41, 5.74) is 1.44. The molecule has 2 heterocycles. The molecule has 2 aromatic heterocycles. The summed E-state index contributed by atoms with van der Waals surface area (Å²) in [5, 5.41) is 20.4. The normalized spacial score (nSPS) is 10.8. The second-order valence-corrected chi connectivity index (χ2v) is 3.25. The molecule has 0 fully saturated rings. The summed E-state index contributed by atoms with van der Waals surface area (Å²) in [6, 6.07) is 3.61. The van der Waals surface area contributed by atoms with Crippen molar-refractivity contribution in [2.75, 3.05) is 6.61 Å². The molecule has 0 atom stereocenters. The van der Waals surface area contributed by atoms with Gasteiger partial charge in [0, 0.05) is 0 Å². The summed E-state index contributed by atoms with van der Waals surface area (Å²) < 4.78 is 6.46. The lowest BCUT2D eigenvalue weighted by Crippen LogP contribution is -2.09. The Balaban J connectivity index is 2.17. The van der Waals surface area contributed by atoms with E-state index in [0.29, 0.717) is 11.5 Å². The second-order valence-electron chi connectivity index (χ2n) is 3.25. The van der Waals surface area contributed by atoms with E-state index in [4.69, 9.17) is 9.84 Å². The maximum absolute atomic E-state index is 10.3. The molecular weight excluding hydrogens is 212 g/mol. The highest BCUT2D eigenvalue weighted by Gasteiger charge is 2.07. The molecule has 0 aliphatic rings. The summed E-state index contributed by atoms with van der Waals surface area (Å²) in [4.78, 5) is 10.3. The molecule has 2 rings (SSSR count). The van der Waals surface area contributed by atoms with Crippen LogP contribution in [0.5, 0.6) is 0 Å². The van der Waals surface area contributed by atoms with Crippen molar-refractivity contribution in [2.45, 2.75) is 13.5 Å². The smallest absolute Gasteiger partial charge is 0.329 e. The Kier molecular flexibility index (Phi) is 2.78. The minimum atomic E-state index is -1.02. The molecule has 0 aliphatic heterocycles. The van der Waals surface area contributed by atoms with Crippen molar-refractivity contribution in [1.82, 2.24) is 19.8 Å². The Morgan fingerprint density at radius 3 is 3.06 bits per heavy atom. The third-order valence-corrected chi connectivity index (χ3v) is 1.92. The number of hydrogen-bond donors (Lipinski definition) is 1. The predicted octanol–water partition coefficient (Wildman–Crippen LogP) is 0.0339. The monoisotopic (exact) mass is 222 g/mol. The maximum atomic E-state index is 10.3. The minimum Gasteiger partial charge on any atom is -0.480 e. The van der Waals surface area contributed by atoms with Crippen LogP contribution in [-0.2, 0) is 16.1 Å². The Hall–Kier alpha value is -2.02. The van der Waals surface area contributed by atoms with Gasteiger partial charge in [-0.3, -0.25) is 0 Å². The number of fused-ring (bicyclic) bond motifs is 1. The number of aryl methyl sites for hydroxylation is 1. The molecule has 0 aliphatic carbocycles. The van der Waals surface area contributed by atoms with Crippen LogP contribution in [-0.4, -0.2) is 37.5 Å². The van der Waals surface area contributed by atoms with Gasteiger partial charge in [-0.05, 0) is 19.1 Å². The molecule has 1 N–H and O–H groups in total. The Labute approximate surface area is 90.7 Å². The summed E-state index contributed by atoms with van der Waals surface area (Å²) in [5.74, 6) is -0.530. The van der Waals surface area contributed by atoms with E-state index in [-0.39, 0.29) is 13.2 Å². The molecule has 0 unspecified atom stereocenters. The number of ether oxygens (including phenoxy) is 1. The third-order valence-electron chi connectivity index (χ3n) is 1.92. The highest BCUT2D eigenvalue weighted by molar-refractivity contribution is 5.67. The third kappa shape index (κ3) is 2.14. The summed E-state index contributed by atoms with van der Waals surface area (Å²) in [7, 11) is 0. The van der Waals surface area contributed by atoms with E-state index in [1.807, 2.05) is 13.0 Å². The van der Waals surface area contributed by atoms with Crippen LogP contribution in [0.15, 0.2) is 12.1 Å². The maximum Gasteiger partial charge on any atom is 0.329 e. The summed E-state index contributed by atoms with van der Waals surface area (Å²) in [6.07, 6.45) is 0. The molecular formula is C9H10N4O3. The average molecular weight is 222 g/mol. The van der Waals surface area contributed by atoms with Crippen molar-refractivity contribution in [3.8, 4) is 0 Å². The molecule has 0 amide bonds. The van der Waals surface area contributed by atoms with Gasteiger partial charge < -0.3 is 9.84 Å². The zero-order chi connectivity index (χ0) is 11.5. The lowest BCUT2D eigenvalue weighted by Gasteiger charge is -1.99. The molecule has 2 aromatic rings. The first-order valence-corrected chi connectivity index (χ1v) is 4.64. The second kappa shape index (κ2) is 4.23. The zero-order valence-corrected chi connectivity index (χ0v) is 8.62. The summed E-state index contributed by atoms with van der Waals surface area (Å²) in [6.45, 7) is 1.56. The number of carbonyl (C=O) groups is 1. The molecule has 0 spiro atoms. The number of nitrogens with zero attached hydrogens (tertiary/aromatic N) is 4. The topological polar surface area (TPSA) is 89.6 Å². The molecule has 0 aromatic carbocycles. The van der Waals surface area contributed by atoms with Crippen LogP contribution < -0.4 is 0 Å². The van der Waals surface area contributed by atoms with Gasteiger partial charge >= 0.3 is 5.97 Å². The van der Waals surface area contributed by atoms with Gasteiger partial charge in [0.15, 0.2) is 11.5 Å². The largest absolute Gasteiger partial charge is 0.480 e. The molecule has 0 bridgehead atoms. The van der Waals surface area contributed by atoms with Crippen molar-refractivity contribution >= 4 is 11.6 Å². The fourth-order valence-electron chi connectivity index (χ4n) is 1.24. The summed E-state index contributed by atoms with van der Waals surface area (Å²) >= 11 is 0. The van der Waals surface area contributed by atoms with Crippen molar-refractivity contribution in [2.24, 2.45) is 0 Å². The number of rotatable bonds is 4. The fourth-order valence-corrected chi connectivity index (χ4v) is 1.24. The van der Waals surface area contributed by atoms with Crippen LogP contribution in [0.2, 0.25) is 0 Å². The minimum absolute atomic E-state index is 0.0733. The molecule has 0 radical (unpaired) electrons. The number of carboxylic acids is 1. The lowest BCUT2D eigenvalue weighted by molar-refractivity contribution is -0.142. The van der Waals surface area contributed by atoms with Crippen molar-refractivity contribution < 1.29 is 14.6 Å². The zero-order valence-electron chi connectivity index (χ0n) is 8.62. The van der Waals surface area contributed by atoms with Crippen LogP contribution >= 0.6 is 0 Å². The van der Waals surface area contributed by atoms with Gasteiger partial charge in [0.2, 0.25) is 0 Å². The van der Waals surface area contributed by atoms with Gasteiger partial charge in [-0.15, -0.1) is 10.2 Å². The Bertz CT molecular complexity index is 522. The number of hydrogen-bond acceptors (Lipinski definition) is 5.